The number of benzene rings is 2. The molecule has 250 valence electrons. The number of azo groups is 1. The van der Waals surface area contributed by atoms with E-state index in [0.29, 0.717) is 47.1 Å². The van der Waals surface area contributed by atoms with Crippen molar-refractivity contribution in [2.24, 2.45) is 10.2 Å². The molecule has 2 aromatic carbocycles. The Labute approximate surface area is 276 Å². The van der Waals surface area contributed by atoms with Crippen LogP contribution < -0.4 is 20.8 Å². The highest BCUT2D eigenvalue weighted by atomic mass is 32.2. The van der Waals surface area contributed by atoms with E-state index in [0.717, 1.165) is 36.6 Å². The molecule has 2 saturated heterocycles. The van der Waals surface area contributed by atoms with Gasteiger partial charge < -0.3 is 36.1 Å². The van der Waals surface area contributed by atoms with Gasteiger partial charge in [0.05, 0.1) is 35.4 Å². The number of nitrogens with zero attached hydrogens (tertiary/aromatic N) is 3. The normalized spacial score (nSPS) is 18.6. The lowest BCUT2D eigenvalue weighted by molar-refractivity contribution is -0.432. The SMILES string of the molecule is O=C(CCCCC1SCC2NC(=O)NC21)NCCc1ccc(O)c(N=Nc2ccc(C(=O)On3c(O)cc(SOOO)c3O)cc2)c1. The second-order valence-corrected chi connectivity index (χ2v) is 12.6. The highest BCUT2D eigenvalue weighted by Gasteiger charge is 2.42. The molecule has 3 atom stereocenters. The predicted octanol–water partition coefficient (Wildman–Crippen LogP) is 4.10. The summed E-state index contributed by atoms with van der Waals surface area (Å²) in [6.45, 7) is 0.418. The predicted molar refractivity (Wildman–Crippen MR) is 169 cm³/mol. The number of urea groups is 1. The summed E-state index contributed by atoms with van der Waals surface area (Å²) in [5, 5.41) is 59.3. The number of aromatic nitrogens is 1. The molecule has 3 amide bonds. The number of nitrogens with one attached hydrogen (secondary N) is 3. The first kappa shape index (κ1) is 33.9. The van der Waals surface area contributed by atoms with Gasteiger partial charge in [0.1, 0.15) is 16.3 Å². The quantitative estimate of drug-likeness (QED) is 0.0299. The van der Waals surface area contributed by atoms with Crippen LogP contribution in [0.3, 0.4) is 0 Å². The molecule has 0 radical (unpaired) electrons. The molecule has 16 nitrogen and oxygen atoms in total. The van der Waals surface area contributed by atoms with Gasteiger partial charge in [-0.3, -0.25) is 4.79 Å². The summed E-state index contributed by atoms with van der Waals surface area (Å²) >= 11 is 2.23. The van der Waals surface area contributed by atoms with Crippen molar-refractivity contribution in [1.82, 2.24) is 20.7 Å². The zero-order valence-corrected chi connectivity index (χ0v) is 26.3. The van der Waals surface area contributed by atoms with Crippen molar-refractivity contribution in [2.75, 3.05) is 12.3 Å². The number of carbonyl (C=O) groups excluding carboxylic acids is 3. The molecule has 2 aliphatic heterocycles. The number of hydrogen-bond donors (Lipinski definition) is 7. The molecular weight excluding hydrogens is 656 g/mol. The van der Waals surface area contributed by atoms with E-state index < -0.39 is 17.7 Å². The number of unbranched alkanes of at least 4 members (excludes halogenated alkanes) is 1. The van der Waals surface area contributed by atoms with Gasteiger partial charge in [-0.15, -0.1) is 14.2 Å². The van der Waals surface area contributed by atoms with Crippen LogP contribution in [0, 0.1) is 0 Å². The second kappa shape index (κ2) is 15.9. The van der Waals surface area contributed by atoms with Crippen molar-refractivity contribution < 1.29 is 49.2 Å². The van der Waals surface area contributed by atoms with E-state index in [4.69, 9.17) is 10.1 Å². The standard InChI is InChI=1S/C29H32N6O10S2/c36-21-10-5-16(11-12-30-24(37)4-2-1-3-22-26-20(15-46-22)31-29(41)32-26)13-19(21)34-33-18-8-6-17(7-9-18)28(40)43-35-25(38)14-23(27(35)39)47-45-44-42/h5-10,13-14,20,22,26,36,38-39,42H,1-4,11-12,15H2,(H,30,37)(H2,31,32,41). The van der Waals surface area contributed by atoms with Crippen LogP contribution in [0.1, 0.15) is 41.6 Å². The third-order valence-corrected chi connectivity index (χ3v) is 9.56. The van der Waals surface area contributed by atoms with Gasteiger partial charge in [0.25, 0.3) is 0 Å². The molecule has 3 unspecified atom stereocenters. The largest absolute Gasteiger partial charge is 0.506 e. The fourth-order valence-electron chi connectivity index (χ4n) is 5.08. The highest BCUT2D eigenvalue weighted by Crippen LogP contribution is 2.36. The van der Waals surface area contributed by atoms with Crippen LogP contribution >= 0.6 is 23.8 Å². The number of hydrogen-bond acceptors (Lipinski definition) is 14. The Morgan fingerprint density at radius 3 is 2.66 bits per heavy atom. The smallest absolute Gasteiger partial charge is 0.363 e. The Hall–Kier alpha value is -4.49. The minimum atomic E-state index is -0.915. The maximum atomic E-state index is 12.5. The van der Waals surface area contributed by atoms with Gasteiger partial charge in [0.2, 0.25) is 17.7 Å². The van der Waals surface area contributed by atoms with E-state index in [1.807, 2.05) is 11.8 Å². The van der Waals surface area contributed by atoms with E-state index in [2.05, 4.69) is 35.6 Å². The Bertz CT molecular complexity index is 1620. The summed E-state index contributed by atoms with van der Waals surface area (Å²) in [5.41, 5.74) is 1.49. The number of phenols is 1. The van der Waals surface area contributed by atoms with Crippen LogP contribution in [0.4, 0.5) is 16.2 Å². The molecule has 3 heterocycles. The Morgan fingerprint density at radius 2 is 1.87 bits per heavy atom. The van der Waals surface area contributed by atoms with Gasteiger partial charge in [-0.1, -0.05) is 17.5 Å². The molecule has 7 N–H and O–H groups in total. The number of aromatic hydroxyl groups is 3. The Balaban J connectivity index is 1.05. The topological polar surface area (TPSA) is 226 Å². The lowest BCUT2D eigenvalue weighted by Gasteiger charge is -2.16. The van der Waals surface area contributed by atoms with Crippen LogP contribution in [0.25, 0.3) is 0 Å². The molecule has 2 fully saturated rings. The number of rotatable bonds is 15. The molecule has 0 saturated carbocycles. The maximum Gasteiger partial charge on any atom is 0.363 e. The number of phenolic OH excluding ortho intramolecular Hbond substituents is 1. The molecule has 3 aromatic rings. The van der Waals surface area contributed by atoms with Crippen LogP contribution in [0.5, 0.6) is 17.5 Å². The van der Waals surface area contributed by atoms with Gasteiger partial charge in [0, 0.05) is 30.0 Å². The van der Waals surface area contributed by atoms with Gasteiger partial charge in [-0.2, -0.15) is 16.9 Å². The lowest BCUT2D eigenvalue weighted by atomic mass is 10.0. The van der Waals surface area contributed by atoms with Gasteiger partial charge in [-0.25, -0.2) is 14.8 Å². The van der Waals surface area contributed by atoms with Gasteiger partial charge in [0.15, 0.2) is 0 Å². The van der Waals surface area contributed by atoms with E-state index in [1.165, 1.54) is 30.3 Å². The zero-order valence-electron chi connectivity index (χ0n) is 24.7. The fourth-order valence-corrected chi connectivity index (χ4v) is 7.04. The third-order valence-electron chi connectivity index (χ3n) is 7.44. The minimum absolute atomic E-state index is 0.0303. The molecular formula is C29H32N6O10S2. The van der Waals surface area contributed by atoms with E-state index in [-0.39, 0.29) is 45.9 Å². The first-order valence-corrected chi connectivity index (χ1v) is 16.3. The number of fused-ring (bicyclic) bond motifs is 1. The molecule has 1 aromatic heterocycles. The maximum absolute atomic E-state index is 12.5. The van der Waals surface area contributed by atoms with E-state index >= 15 is 0 Å². The molecule has 0 spiro atoms. The average Bonchev–Trinajstić information content (AvgIpc) is 3.70. The summed E-state index contributed by atoms with van der Waals surface area (Å²) in [7, 11) is 0. The summed E-state index contributed by atoms with van der Waals surface area (Å²) in [6.07, 6.45) is 3.58. The minimum Gasteiger partial charge on any atom is -0.506 e. The van der Waals surface area contributed by atoms with Crippen LogP contribution in [0.15, 0.2) is 63.7 Å². The fraction of sp³-hybridized carbons (Fsp3) is 0.345. The van der Waals surface area contributed by atoms with Crippen molar-refractivity contribution in [3.63, 3.8) is 0 Å². The summed E-state index contributed by atoms with van der Waals surface area (Å²) in [4.78, 5) is 41.3. The molecule has 47 heavy (non-hydrogen) atoms. The molecule has 0 aliphatic carbocycles. The molecule has 0 bridgehead atoms. The van der Waals surface area contributed by atoms with Gasteiger partial charge >= 0.3 is 12.0 Å². The summed E-state index contributed by atoms with van der Waals surface area (Å²) in [6, 6.07) is 11.9. The van der Waals surface area contributed by atoms with Gasteiger partial charge in [-0.05, 0) is 61.2 Å². The number of amides is 3. The van der Waals surface area contributed by atoms with Crippen molar-refractivity contribution in [2.45, 2.75) is 54.3 Å². The van der Waals surface area contributed by atoms with Crippen molar-refractivity contribution in [3.8, 4) is 17.5 Å². The van der Waals surface area contributed by atoms with Crippen LogP contribution in [-0.4, -0.2) is 72.8 Å². The first-order chi connectivity index (χ1) is 22.7. The molecule has 18 heteroatoms. The van der Waals surface area contributed by atoms with E-state index in [9.17, 15) is 29.7 Å². The monoisotopic (exact) mass is 688 g/mol. The highest BCUT2D eigenvalue weighted by molar-refractivity contribution is 8.00. The van der Waals surface area contributed by atoms with Crippen LogP contribution in [-0.2, 0) is 20.6 Å². The Kier molecular flexibility index (Phi) is 11.4. The summed E-state index contributed by atoms with van der Waals surface area (Å²) in [5.74, 6) is -1.39. The zero-order chi connectivity index (χ0) is 33.3. The molecule has 2 aliphatic rings. The summed E-state index contributed by atoms with van der Waals surface area (Å²) < 4.78 is 4.65. The van der Waals surface area contributed by atoms with Crippen molar-refractivity contribution >= 4 is 53.1 Å². The van der Waals surface area contributed by atoms with Crippen molar-refractivity contribution in [1.29, 1.82) is 0 Å². The van der Waals surface area contributed by atoms with Crippen molar-refractivity contribution in [3.05, 3.63) is 59.7 Å². The lowest BCUT2D eigenvalue weighted by Crippen LogP contribution is -2.36. The second-order valence-electron chi connectivity index (χ2n) is 10.6. The van der Waals surface area contributed by atoms with E-state index in [1.54, 1.807) is 12.1 Å². The van der Waals surface area contributed by atoms with Crippen LogP contribution in [0.2, 0.25) is 0 Å². The molecule has 5 rings (SSSR count). The number of thioether (sulfide) groups is 1. The average molecular weight is 689 g/mol. The Morgan fingerprint density at radius 1 is 1.06 bits per heavy atom. The number of carbonyl (C=O) groups is 3. The third kappa shape index (κ3) is 8.86. The first-order valence-electron chi connectivity index (χ1n) is 14.5.